The Hall–Kier alpha value is -1.85. The summed E-state index contributed by atoms with van der Waals surface area (Å²) in [6.07, 6.45) is 3.85. The van der Waals surface area contributed by atoms with Crippen LogP contribution in [-0.2, 0) is 0 Å². The Balaban J connectivity index is 2.21. The van der Waals surface area contributed by atoms with Crippen LogP contribution in [-0.4, -0.2) is 41.4 Å². The van der Waals surface area contributed by atoms with Gasteiger partial charge in [-0.1, -0.05) is 56.5 Å². The van der Waals surface area contributed by atoms with Crippen LogP contribution in [0.3, 0.4) is 0 Å². The van der Waals surface area contributed by atoms with E-state index in [2.05, 4.69) is 43.3 Å². The fourth-order valence-electron chi connectivity index (χ4n) is 3.13. The molecule has 0 aliphatic carbocycles. The second kappa shape index (κ2) is 9.02. The highest BCUT2D eigenvalue weighted by Crippen LogP contribution is 2.20. The van der Waals surface area contributed by atoms with Crippen LogP contribution in [0, 0.1) is 5.92 Å². The first-order valence-corrected chi connectivity index (χ1v) is 9.10. The van der Waals surface area contributed by atoms with Crippen LogP contribution in [0.4, 0.5) is 5.69 Å². The van der Waals surface area contributed by atoms with Gasteiger partial charge in [-0.2, -0.15) is 9.78 Å². The first-order chi connectivity index (χ1) is 12.0. The number of hydrogen-bond donors (Lipinski definition) is 1. The molecule has 1 N–H and O–H groups in total. The largest absolute Gasteiger partial charge is 0.381 e. The van der Waals surface area contributed by atoms with E-state index < -0.39 is 0 Å². The van der Waals surface area contributed by atoms with E-state index in [4.69, 9.17) is 11.6 Å². The summed E-state index contributed by atoms with van der Waals surface area (Å²) < 4.78 is 1.32. The number of para-hydroxylation sites is 1. The molecule has 1 unspecified atom stereocenters. The van der Waals surface area contributed by atoms with Gasteiger partial charge in [-0.05, 0) is 32.1 Å². The van der Waals surface area contributed by atoms with Gasteiger partial charge in [0.15, 0.2) is 0 Å². The summed E-state index contributed by atoms with van der Waals surface area (Å²) in [6, 6.07) is 9.63. The van der Waals surface area contributed by atoms with Crippen molar-refractivity contribution in [3.63, 3.8) is 0 Å². The number of rotatable bonds is 8. The normalized spacial score (nSPS) is 12.6. The highest BCUT2D eigenvalue weighted by Gasteiger charge is 2.21. The molecule has 25 heavy (non-hydrogen) atoms. The molecule has 0 saturated carbocycles. The van der Waals surface area contributed by atoms with E-state index in [1.807, 2.05) is 30.3 Å². The first kappa shape index (κ1) is 19.5. The maximum Gasteiger partial charge on any atom is 0.292 e. The van der Waals surface area contributed by atoms with Crippen LogP contribution in [0.5, 0.6) is 0 Å². The summed E-state index contributed by atoms with van der Waals surface area (Å²) in [5.74, 6) is 0.582. The number of hydrogen-bond acceptors (Lipinski definition) is 4. The van der Waals surface area contributed by atoms with Gasteiger partial charge in [-0.3, -0.25) is 4.79 Å². The molecule has 2 aromatic rings. The molecule has 0 amide bonds. The topological polar surface area (TPSA) is 50.2 Å². The van der Waals surface area contributed by atoms with Crippen molar-refractivity contribution in [1.29, 1.82) is 0 Å². The Morgan fingerprint density at radius 3 is 2.40 bits per heavy atom. The predicted octanol–water partition coefficient (Wildman–Crippen LogP) is 3.66. The number of halogens is 1. The molecule has 2 rings (SSSR count). The van der Waals surface area contributed by atoms with E-state index in [1.165, 1.54) is 4.68 Å². The van der Waals surface area contributed by atoms with Gasteiger partial charge < -0.3 is 10.2 Å². The molecule has 0 fully saturated rings. The molecule has 0 aliphatic heterocycles. The molecule has 1 aromatic heterocycles. The van der Waals surface area contributed by atoms with Gasteiger partial charge in [0.25, 0.3) is 5.56 Å². The van der Waals surface area contributed by atoms with E-state index in [9.17, 15) is 4.79 Å². The van der Waals surface area contributed by atoms with Crippen molar-refractivity contribution in [2.24, 2.45) is 5.92 Å². The van der Waals surface area contributed by atoms with Crippen molar-refractivity contribution in [3.05, 3.63) is 51.9 Å². The lowest BCUT2D eigenvalue weighted by Crippen LogP contribution is -2.40. The molecule has 0 radical (unpaired) electrons. The van der Waals surface area contributed by atoms with Gasteiger partial charge in [0, 0.05) is 12.6 Å². The van der Waals surface area contributed by atoms with E-state index in [0.717, 1.165) is 19.4 Å². The molecule has 1 aromatic carbocycles. The number of aromatic nitrogens is 2. The lowest BCUT2D eigenvalue weighted by atomic mass is 9.93. The molecule has 0 spiro atoms. The lowest BCUT2D eigenvalue weighted by Gasteiger charge is -2.31. The molecule has 0 bridgehead atoms. The Kier molecular flexibility index (Phi) is 7.02. The minimum absolute atomic E-state index is 0.168. The molecular weight excluding hydrogens is 336 g/mol. The van der Waals surface area contributed by atoms with Crippen LogP contribution in [0.25, 0.3) is 5.69 Å². The zero-order valence-corrected chi connectivity index (χ0v) is 16.1. The molecule has 136 valence electrons. The van der Waals surface area contributed by atoms with Crippen molar-refractivity contribution in [1.82, 2.24) is 14.7 Å². The highest BCUT2D eigenvalue weighted by atomic mass is 35.5. The van der Waals surface area contributed by atoms with Crippen molar-refractivity contribution in [3.8, 4) is 5.69 Å². The third-order valence-electron chi connectivity index (χ3n) is 4.68. The van der Waals surface area contributed by atoms with Crippen LogP contribution in [0.2, 0.25) is 5.02 Å². The van der Waals surface area contributed by atoms with Crippen molar-refractivity contribution < 1.29 is 0 Å². The first-order valence-electron chi connectivity index (χ1n) is 8.73. The Morgan fingerprint density at radius 2 is 1.84 bits per heavy atom. The van der Waals surface area contributed by atoms with Gasteiger partial charge in [0.1, 0.15) is 5.02 Å². The molecular formula is C19H27ClN4O. The second-order valence-electron chi connectivity index (χ2n) is 6.41. The van der Waals surface area contributed by atoms with Crippen LogP contribution in [0.1, 0.15) is 26.7 Å². The van der Waals surface area contributed by atoms with Crippen molar-refractivity contribution >= 4 is 17.3 Å². The predicted molar refractivity (Wildman–Crippen MR) is 105 cm³/mol. The fraction of sp³-hybridized carbons (Fsp3) is 0.474. The average molecular weight is 363 g/mol. The maximum absolute atomic E-state index is 12.5. The van der Waals surface area contributed by atoms with Crippen molar-refractivity contribution in [2.45, 2.75) is 32.7 Å². The Bertz CT molecular complexity index is 726. The van der Waals surface area contributed by atoms with Gasteiger partial charge >= 0.3 is 0 Å². The third-order valence-corrected chi connectivity index (χ3v) is 5.04. The van der Waals surface area contributed by atoms with Crippen LogP contribution >= 0.6 is 11.6 Å². The minimum atomic E-state index is -0.318. The smallest absolute Gasteiger partial charge is 0.292 e. The zero-order valence-electron chi connectivity index (χ0n) is 15.4. The number of benzene rings is 1. The number of nitrogens with one attached hydrogen (secondary N) is 1. The Labute approximate surface area is 154 Å². The van der Waals surface area contributed by atoms with Gasteiger partial charge in [0.2, 0.25) is 0 Å². The van der Waals surface area contributed by atoms with Crippen LogP contribution in [0.15, 0.2) is 41.3 Å². The second-order valence-corrected chi connectivity index (χ2v) is 6.79. The third kappa shape index (κ3) is 4.61. The zero-order chi connectivity index (χ0) is 18.4. The summed E-state index contributed by atoms with van der Waals surface area (Å²) in [4.78, 5) is 14.8. The molecule has 0 saturated heterocycles. The molecule has 5 nitrogen and oxygen atoms in total. The summed E-state index contributed by atoms with van der Waals surface area (Å²) >= 11 is 6.31. The number of anilines is 1. The van der Waals surface area contributed by atoms with E-state index >= 15 is 0 Å². The molecule has 0 aliphatic rings. The summed E-state index contributed by atoms with van der Waals surface area (Å²) in [7, 11) is 4.16. The van der Waals surface area contributed by atoms with Crippen LogP contribution < -0.4 is 10.9 Å². The lowest BCUT2D eigenvalue weighted by molar-refractivity contribution is 0.210. The summed E-state index contributed by atoms with van der Waals surface area (Å²) in [5, 5.41) is 7.74. The van der Waals surface area contributed by atoms with Crippen molar-refractivity contribution in [2.75, 3.05) is 26.0 Å². The maximum atomic E-state index is 12.5. The summed E-state index contributed by atoms with van der Waals surface area (Å²) in [5.41, 5.74) is 0.961. The Morgan fingerprint density at radius 1 is 1.20 bits per heavy atom. The highest BCUT2D eigenvalue weighted by molar-refractivity contribution is 6.32. The number of nitrogens with zero attached hydrogens (tertiary/aromatic N) is 3. The molecule has 1 atom stereocenters. The standard InChI is InChI=1S/C19H27ClN4O/c1-5-14(6-2)17(23(3)4)13-21-16-12-22-24(19(25)18(16)20)15-10-8-7-9-11-15/h7-12,14,17,21H,5-6,13H2,1-4H3. The van der Waals surface area contributed by atoms with E-state index in [-0.39, 0.29) is 10.6 Å². The SMILES string of the molecule is CCC(CC)C(CNc1cnn(-c2ccccc2)c(=O)c1Cl)N(C)C. The fourth-order valence-corrected chi connectivity index (χ4v) is 3.32. The quantitative estimate of drug-likeness (QED) is 0.778. The minimum Gasteiger partial charge on any atom is -0.381 e. The molecule has 1 heterocycles. The van der Waals surface area contributed by atoms with E-state index in [1.54, 1.807) is 6.20 Å². The summed E-state index contributed by atoms with van der Waals surface area (Å²) in [6.45, 7) is 5.13. The average Bonchev–Trinajstić information content (AvgIpc) is 2.62. The van der Waals surface area contributed by atoms with E-state index in [0.29, 0.717) is 23.3 Å². The molecule has 6 heteroatoms. The van der Waals surface area contributed by atoms with Gasteiger partial charge in [0.05, 0.1) is 17.6 Å². The van der Waals surface area contributed by atoms with Gasteiger partial charge in [-0.25, -0.2) is 0 Å². The van der Waals surface area contributed by atoms with Gasteiger partial charge in [-0.15, -0.1) is 0 Å². The number of likely N-dealkylation sites (N-methyl/N-ethyl adjacent to an activating group) is 1. The monoisotopic (exact) mass is 362 g/mol.